The molecule has 0 spiro atoms. The second kappa shape index (κ2) is 7.87. The summed E-state index contributed by atoms with van der Waals surface area (Å²) in [5, 5.41) is 11.8. The van der Waals surface area contributed by atoms with Gasteiger partial charge in [0.2, 0.25) is 5.82 Å². The van der Waals surface area contributed by atoms with E-state index in [1.807, 2.05) is 29.2 Å². The van der Waals surface area contributed by atoms with Crippen molar-refractivity contribution in [3.63, 3.8) is 0 Å². The minimum absolute atomic E-state index is 0.0617. The van der Waals surface area contributed by atoms with E-state index >= 15 is 0 Å². The molecule has 0 amide bonds. The van der Waals surface area contributed by atoms with Gasteiger partial charge in [0.15, 0.2) is 0 Å². The van der Waals surface area contributed by atoms with Crippen molar-refractivity contribution in [2.45, 2.75) is 0 Å². The van der Waals surface area contributed by atoms with E-state index in [1.54, 1.807) is 30.5 Å². The van der Waals surface area contributed by atoms with Crippen molar-refractivity contribution in [1.29, 1.82) is 0 Å². The van der Waals surface area contributed by atoms with E-state index in [-0.39, 0.29) is 17.4 Å². The summed E-state index contributed by atoms with van der Waals surface area (Å²) in [6.45, 7) is 2.54. The number of nitro groups is 1. The maximum Gasteiger partial charge on any atom is 0.373 e. The van der Waals surface area contributed by atoms with E-state index in [4.69, 9.17) is 4.74 Å². The fourth-order valence-electron chi connectivity index (χ4n) is 3.11. The lowest BCUT2D eigenvalue weighted by atomic mass is 10.3. The number of para-hydroxylation sites is 1. The molecule has 3 heterocycles. The highest BCUT2D eigenvalue weighted by atomic mass is 16.6. The fraction of sp³-hybridized carbons (Fsp3) is 0.211. The highest BCUT2D eigenvalue weighted by molar-refractivity contribution is 5.64. The van der Waals surface area contributed by atoms with Crippen LogP contribution >= 0.6 is 0 Å². The van der Waals surface area contributed by atoms with Gasteiger partial charge in [-0.25, -0.2) is 9.97 Å². The number of benzene rings is 1. The average Bonchev–Trinajstić information content (AvgIpc) is 2.75. The number of nitrogens with zero attached hydrogens (tertiary/aromatic N) is 6. The Bertz CT molecular complexity index is 946. The van der Waals surface area contributed by atoms with Gasteiger partial charge >= 0.3 is 11.6 Å². The molecule has 0 aliphatic carbocycles. The number of hydrogen-bond donors (Lipinski definition) is 0. The number of ether oxygens (including phenoxy) is 1. The maximum atomic E-state index is 11.8. The van der Waals surface area contributed by atoms with Crippen molar-refractivity contribution in [3.05, 3.63) is 71.2 Å². The van der Waals surface area contributed by atoms with Crippen LogP contribution in [-0.2, 0) is 0 Å². The molecule has 3 aromatic rings. The zero-order valence-corrected chi connectivity index (χ0v) is 15.0. The van der Waals surface area contributed by atoms with Gasteiger partial charge in [-0.1, -0.05) is 24.3 Å². The van der Waals surface area contributed by atoms with Crippen molar-refractivity contribution in [1.82, 2.24) is 15.0 Å². The largest absolute Gasteiger partial charge is 0.434 e. The normalized spacial score (nSPS) is 14.0. The van der Waals surface area contributed by atoms with Gasteiger partial charge in [0.05, 0.1) is 4.92 Å². The van der Waals surface area contributed by atoms with Crippen molar-refractivity contribution >= 4 is 17.3 Å². The van der Waals surface area contributed by atoms with Crippen molar-refractivity contribution < 1.29 is 9.66 Å². The summed E-state index contributed by atoms with van der Waals surface area (Å²) < 4.78 is 5.65. The Balaban J connectivity index is 1.56. The van der Waals surface area contributed by atoms with Crippen LogP contribution in [0, 0.1) is 10.1 Å². The first-order chi connectivity index (χ1) is 13.7. The summed E-state index contributed by atoms with van der Waals surface area (Å²) in [6, 6.07) is 14.6. The number of rotatable bonds is 5. The Hall–Kier alpha value is -3.75. The molecular formula is C19H18N6O3. The minimum Gasteiger partial charge on any atom is -0.434 e. The van der Waals surface area contributed by atoms with Gasteiger partial charge in [0.1, 0.15) is 17.9 Å². The number of aromatic nitrogens is 3. The first-order valence-electron chi connectivity index (χ1n) is 8.85. The van der Waals surface area contributed by atoms with E-state index in [0.717, 1.165) is 5.82 Å². The number of hydrogen-bond acceptors (Lipinski definition) is 8. The Kier molecular flexibility index (Phi) is 4.96. The topological polar surface area (TPSA) is 97.5 Å². The summed E-state index contributed by atoms with van der Waals surface area (Å²) >= 11 is 0. The number of pyridine rings is 1. The first-order valence-corrected chi connectivity index (χ1v) is 8.85. The molecule has 28 heavy (non-hydrogen) atoms. The number of piperazine rings is 1. The van der Waals surface area contributed by atoms with Gasteiger partial charge < -0.3 is 14.5 Å². The lowest BCUT2D eigenvalue weighted by Crippen LogP contribution is -2.47. The summed E-state index contributed by atoms with van der Waals surface area (Å²) in [6.07, 6.45) is 3.05. The summed E-state index contributed by atoms with van der Waals surface area (Å²) in [5.41, 5.74) is -0.224. The standard InChI is InChI=1S/C19H18N6O3/c26-25(27)17-18(21-14-22-19(17)28-15-6-2-1-3-7-15)24-12-10-23(11-13-24)16-8-4-5-9-20-16/h1-9,14H,10-13H2. The van der Waals surface area contributed by atoms with Crippen LogP contribution in [0.4, 0.5) is 17.3 Å². The molecule has 0 bridgehead atoms. The second-order valence-corrected chi connectivity index (χ2v) is 6.19. The quantitative estimate of drug-likeness (QED) is 0.494. The van der Waals surface area contributed by atoms with E-state index in [1.165, 1.54) is 6.33 Å². The summed E-state index contributed by atoms with van der Waals surface area (Å²) in [5.74, 6) is 1.59. The van der Waals surface area contributed by atoms with Gasteiger partial charge in [-0.05, 0) is 24.3 Å². The lowest BCUT2D eigenvalue weighted by molar-refractivity contribution is -0.385. The molecule has 1 fully saturated rings. The Morgan fingerprint density at radius 2 is 1.61 bits per heavy atom. The Morgan fingerprint density at radius 3 is 2.29 bits per heavy atom. The summed E-state index contributed by atoms with van der Waals surface area (Å²) in [4.78, 5) is 27.8. The van der Waals surface area contributed by atoms with Crippen molar-refractivity contribution in [3.8, 4) is 11.6 Å². The first kappa shape index (κ1) is 17.7. The molecule has 0 N–H and O–H groups in total. The van der Waals surface area contributed by atoms with E-state index < -0.39 is 4.92 Å². The third-order valence-electron chi connectivity index (χ3n) is 4.46. The molecule has 2 aromatic heterocycles. The predicted molar refractivity (Wildman–Crippen MR) is 104 cm³/mol. The van der Waals surface area contributed by atoms with Gasteiger partial charge in [-0.15, -0.1) is 0 Å². The molecule has 1 aliphatic rings. The van der Waals surface area contributed by atoms with E-state index in [0.29, 0.717) is 31.9 Å². The lowest BCUT2D eigenvalue weighted by Gasteiger charge is -2.35. The molecule has 1 aliphatic heterocycles. The smallest absolute Gasteiger partial charge is 0.373 e. The third kappa shape index (κ3) is 3.68. The summed E-state index contributed by atoms with van der Waals surface area (Å²) in [7, 11) is 0. The molecule has 0 radical (unpaired) electrons. The Morgan fingerprint density at radius 1 is 0.893 bits per heavy atom. The fourth-order valence-corrected chi connectivity index (χ4v) is 3.11. The zero-order chi connectivity index (χ0) is 19.3. The monoisotopic (exact) mass is 378 g/mol. The van der Waals surface area contributed by atoms with Crippen LogP contribution in [0.5, 0.6) is 11.6 Å². The molecular weight excluding hydrogens is 360 g/mol. The molecule has 0 atom stereocenters. The van der Waals surface area contributed by atoms with Crippen LogP contribution in [0.25, 0.3) is 0 Å². The van der Waals surface area contributed by atoms with Crippen LogP contribution < -0.4 is 14.5 Å². The molecule has 9 nitrogen and oxygen atoms in total. The molecule has 0 unspecified atom stereocenters. The minimum atomic E-state index is -0.487. The number of anilines is 2. The van der Waals surface area contributed by atoms with Crippen LogP contribution in [-0.4, -0.2) is 46.1 Å². The van der Waals surface area contributed by atoms with Gasteiger partial charge in [0, 0.05) is 32.4 Å². The SMILES string of the molecule is O=[N+]([O-])c1c(Oc2ccccc2)ncnc1N1CCN(c2ccccn2)CC1. The van der Waals surface area contributed by atoms with Crippen molar-refractivity contribution in [2.75, 3.05) is 36.0 Å². The molecule has 4 rings (SSSR count). The van der Waals surface area contributed by atoms with Crippen LogP contribution in [0.1, 0.15) is 0 Å². The highest BCUT2D eigenvalue weighted by Gasteiger charge is 2.30. The van der Waals surface area contributed by atoms with Gasteiger partial charge in [0.25, 0.3) is 0 Å². The van der Waals surface area contributed by atoms with Gasteiger partial charge in [-0.2, -0.15) is 4.98 Å². The third-order valence-corrected chi connectivity index (χ3v) is 4.46. The van der Waals surface area contributed by atoms with Crippen molar-refractivity contribution in [2.24, 2.45) is 0 Å². The molecule has 1 saturated heterocycles. The van der Waals surface area contributed by atoms with E-state index in [2.05, 4.69) is 19.9 Å². The molecule has 9 heteroatoms. The molecule has 1 aromatic carbocycles. The predicted octanol–water partition coefficient (Wildman–Crippen LogP) is 2.90. The van der Waals surface area contributed by atoms with Gasteiger partial charge in [-0.3, -0.25) is 10.1 Å². The molecule has 0 saturated carbocycles. The highest BCUT2D eigenvalue weighted by Crippen LogP contribution is 2.36. The molecule has 142 valence electrons. The Labute approximate surface area is 161 Å². The maximum absolute atomic E-state index is 11.8. The van der Waals surface area contributed by atoms with Crippen LogP contribution in [0.3, 0.4) is 0 Å². The zero-order valence-electron chi connectivity index (χ0n) is 15.0. The second-order valence-electron chi connectivity index (χ2n) is 6.19. The van der Waals surface area contributed by atoms with Crippen LogP contribution in [0.2, 0.25) is 0 Å². The van der Waals surface area contributed by atoms with Crippen LogP contribution in [0.15, 0.2) is 61.1 Å². The average molecular weight is 378 g/mol. The van der Waals surface area contributed by atoms with E-state index in [9.17, 15) is 10.1 Å².